The molecule has 1 N–H and O–H groups in total. The number of benzene rings is 1. The van der Waals surface area contributed by atoms with Gasteiger partial charge < -0.3 is 10.1 Å². The quantitative estimate of drug-likeness (QED) is 0.829. The number of fused-ring (bicyclic) bond motifs is 1. The normalized spacial score (nSPS) is 18.4. The molecule has 3 heteroatoms. The Kier molecular flexibility index (Phi) is 3.33. The lowest BCUT2D eigenvalue weighted by atomic mass is 10.1. The van der Waals surface area contributed by atoms with Gasteiger partial charge in [-0.15, -0.1) is 0 Å². The second kappa shape index (κ2) is 5.11. The third-order valence-corrected chi connectivity index (χ3v) is 3.76. The van der Waals surface area contributed by atoms with Crippen LogP contribution in [0.5, 0.6) is 5.75 Å². The van der Waals surface area contributed by atoms with E-state index in [1.54, 1.807) is 6.07 Å². The fraction of sp³-hybridized carbons (Fsp3) is 0.467. The summed E-state index contributed by atoms with van der Waals surface area (Å²) in [6, 6.07) is 3.32. The lowest BCUT2D eigenvalue weighted by Gasteiger charge is -2.16. The molecule has 0 aromatic heterocycles. The van der Waals surface area contributed by atoms with Crippen LogP contribution < -0.4 is 10.1 Å². The summed E-state index contributed by atoms with van der Waals surface area (Å²) in [5.41, 5.74) is 3.29. The molecule has 2 nitrogen and oxygen atoms in total. The van der Waals surface area contributed by atoms with Crippen molar-refractivity contribution in [2.45, 2.75) is 25.7 Å². The predicted molar refractivity (Wildman–Crippen MR) is 69.5 cm³/mol. The third-order valence-electron chi connectivity index (χ3n) is 3.76. The molecule has 1 aromatic rings. The van der Waals surface area contributed by atoms with Gasteiger partial charge in [-0.2, -0.15) is 0 Å². The smallest absolute Gasteiger partial charge is 0.126 e. The van der Waals surface area contributed by atoms with Gasteiger partial charge in [-0.25, -0.2) is 4.39 Å². The molecule has 0 atom stereocenters. The van der Waals surface area contributed by atoms with E-state index in [0.717, 1.165) is 55.6 Å². The molecule has 0 saturated heterocycles. The van der Waals surface area contributed by atoms with Crippen LogP contribution in [0.25, 0.3) is 0 Å². The van der Waals surface area contributed by atoms with Crippen LogP contribution >= 0.6 is 0 Å². The molecule has 0 spiro atoms. The molecule has 1 aliphatic heterocycles. The number of nitrogens with one attached hydrogen (secondary N) is 1. The Morgan fingerprint density at radius 1 is 1.17 bits per heavy atom. The third kappa shape index (κ3) is 2.27. The van der Waals surface area contributed by atoms with Crippen LogP contribution in [0.2, 0.25) is 0 Å². The van der Waals surface area contributed by atoms with Gasteiger partial charge in [0.15, 0.2) is 0 Å². The SMILES string of the molecule is Fc1ccc(OCC2=CCNCC2)c2c1CCC2. The van der Waals surface area contributed by atoms with Crippen molar-refractivity contribution in [3.8, 4) is 5.75 Å². The van der Waals surface area contributed by atoms with Crippen LogP contribution in [0.3, 0.4) is 0 Å². The molecule has 18 heavy (non-hydrogen) atoms. The van der Waals surface area contributed by atoms with Crippen molar-refractivity contribution in [3.63, 3.8) is 0 Å². The summed E-state index contributed by atoms with van der Waals surface area (Å²) in [5.74, 6) is 0.805. The summed E-state index contributed by atoms with van der Waals surface area (Å²) in [5, 5.41) is 3.28. The topological polar surface area (TPSA) is 21.3 Å². The van der Waals surface area contributed by atoms with Crippen molar-refractivity contribution in [2.75, 3.05) is 19.7 Å². The summed E-state index contributed by atoms with van der Waals surface area (Å²) in [4.78, 5) is 0. The summed E-state index contributed by atoms with van der Waals surface area (Å²) in [7, 11) is 0. The molecule has 0 amide bonds. The number of hydrogen-bond donors (Lipinski definition) is 1. The first-order valence-corrected chi connectivity index (χ1v) is 6.66. The van der Waals surface area contributed by atoms with Gasteiger partial charge in [0.05, 0.1) is 0 Å². The van der Waals surface area contributed by atoms with E-state index in [1.807, 2.05) is 0 Å². The van der Waals surface area contributed by atoms with Crippen molar-refractivity contribution >= 4 is 0 Å². The maximum absolute atomic E-state index is 13.6. The van der Waals surface area contributed by atoms with E-state index < -0.39 is 0 Å². The standard InChI is InChI=1S/C15H18FNO/c16-14-4-5-15(13-3-1-2-12(13)14)18-10-11-6-8-17-9-7-11/h4-6,17H,1-3,7-10H2. The fourth-order valence-corrected chi connectivity index (χ4v) is 2.74. The zero-order valence-corrected chi connectivity index (χ0v) is 10.5. The number of rotatable bonds is 3. The van der Waals surface area contributed by atoms with Crippen LogP contribution in [0.4, 0.5) is 4.39 Å². The van der Waals surface area contributed by atoms with Crippen molar-refractivity contribution in [1.82, 2.24) is 5.32 Å². The van der Waals surface area contributed by atoms with E-state index in [2.05, 4.69) is 11.4 Å². The van der Waals surface area contributed by atoms with Crippen molar-refractivity contribution < 1.29 is 9.13 Å². The highest BCUT2D eigenvalue weighted by molar-refractivity contribution is 5.44. The average Bonchev–Trinajstić information content (AvgIpc) is 2.90. The van der Waals surface area contributed by atoms with Gasteiger partial charge in [0.2, 0.25) is 0 Å². The monoisotopic (exact) mass is 247 g/mol. The summed E-state index contributed by atoms with van der Waals surface area (Å²) >= 11 is 0. The van der Waals surface area contributed by atoms with Crippen LogP contribution in [-0.4, -0.2) is 19.7 Å². The zero-order chi connectivity index (χ0) is 12.4. The molecule has 0 saturated carbocycles. The first-order chi connectivity index (χ1) is 8.84. The van der Waals surface area contributed by atoms with Crippen molar-refractivity contribution in [1.29, 1.82) is 0 Å². The molecule has 0 unspecified atom stereocenters. The van der Waals surface area contributed by atoms with Crippen molar-refractivity contribution in [2.24, 2.45) is 0 Å². The Morgan fingerprint density at radius 3 is 2.89 bits per heavy atom. The highest BCUT2D eigenvalue weighted by Gasteiger charge is 2.19. The molecule has 2 aliphatic rings. The van der Waals surface area contributed by atoms with Gasteiger partial charge in [-0.3, -0.25) is 0 Å². The first-order valence-electron chi connectivity index (χ1n) is 6.66. The number of halogens is 1. The molecule has 0 bridgehead atoms. The molecule has 0 fully saturated rings. The lowest BCUT2D eigenvalue weighted by Crippen LogP contribution is -2.22. The number of hydrogen-bond acceptors (Lipinski definition) is 2. The van der Waals surface area contributed by atoms with E-state index in [-0.39, 0.29) is 5.82 Å². The Hall–Kier alpha value is -1.35. The Labute approximate surface area is 107 Å². The maximum Gasteiger partial charge on any atom is 0.126 e. The largest absolute Gasteiger partial charge is 0.489 e. The minimum absolute atomic E-state index is 0.0732. The first kappa shape index (κ1) is 11.7. The van der Waals surface area contributed by atoms with E-state index in [0.29, 0.717) is 6.61 Å². The average molecular weight is 247 g/mol. The molecule has 1 heterocycles. The van der Waals surface area contributed by atoms with Gasteiger partial charge in [0.25, 0.3) is 0 Å². The van der Waals surface area contributed by atoms with Crippen LogP contribution in [0, 0.1) is 5.82 Å². The Bertz CT molecular complexity index is 482. The predicted octanol–water partition coefficient (Wildman–Crippen LogP) is 2.61. The Balaban J connectivity index is 1.73. The van der Waals surface area contributed by atoms with Crippen LogP contribution in [-0.2, 0) is 12.8 Å². The van der Waals surface area contributed by atoms with Crippen LogP contribution in [0.15, 0.2) is 23.8 Å². The fourth-order valence-electron chi connectivity index (χ4n) is 2.74. The molecular formula is C15H18FNO. The molecule has 0 radical (unpaired) electrons. The summed E-state index contributed by atoms with van der Waals surface area (Å²) in [6.07, 6.45) is 6.07. The van der Waals surface area contributed by atoms with E-state index in [4.69, 9.17) is 4.74 Å². The molecular weight excluding hydrogens is 229 g/mol. The summed E-state index contributed by atoms with van der Waals surface area (Å²) in [6.45, 7) is 2.59. The highest BCUT2D eigenvalue weighted by Crippen LogP contribution is 2.32. The zero-order valence-electron chi connectivity index (χ0n) is 10.5. The second-order valence-electron chi connectivity index (χ2n) is 4.96. The lowest BCUT2D eigenvalue weighted by molar-refractivity contribution is 0.340. The van der Waals surface area contributed by atoms with Gasteiger partial charge in [-0.05, 0) is 55.5 Å². The number of ether oxygens (including phenoxy) is 1. The molecule has 3 rings (SSSR count). The highest BCUT2D eigenvalue weighted by atomic mass is 19.1. The summed E-state index contributed by atoms with van der Waals surface area (Å²) < 4.78 is 19.5. The second-order valence-corrected chi connectivity index (χ2v) is 4.96. The molecule has 1 aromatic carbocycles. The van der Waals surface area contributed by atoms with Gasteiger partial charge in [0, 0.05) is 12.1 Å². The molecule has 96 valence electrons. The maximum atomic E-state index is 13.6. The minimum atomic E-state index is -0.0732. The van der Waals surface area contributed by atoms with Gasteiger partial charge >= 0.3 is 0 Å². The minimum Gasteiger partial charge on any atom is -0.489 e. The van der Waals surface area contributed by atoms with Gasteiger partial charge in [-0.1, -0.05) is 6.08 Å². The van der Waals surface area contributed by atoms with Crippen molar-refractivity contribution in [3.05, 3.63) is 40.7 Å². The van der Waals surface area contributed by atoms with Gasteiger partial charge in [0.1, 0.15) is 18.2 Å². The van der Waals surface area contributed by atoms with E-state index in [9.17, 15) is 4.39 Å². The van der Waals surface area contributed by atoms with E-state index >= 15 is 0 Å². The Morgan fingerprint density at radius 2 is 2.06 bits per heavy atom. The van der Waals surface area contributed by atoms with Crippen LogP contribution in [0.1, 0.15) is 24.0 Å². The molecule has 1 aliphatic carbocycles. The van der Waals surface area contributed by atoms with E-state index in [1.165, 1.54) is 11.6 Å².